The number of hydrogen-bond donors (Lipinski definition) is 1. The van der Waals surface area contributed by atoms with Crippen LogP contribution in [0.25, 0.3) is 0 Å². The standard InChI is InChI=1S/C20H24O11/c1-10(21)28-9-14-15(26-3)16(29-11(2)22)17(20(27-4)30-14)31-19(25)13-8-6-5-7-12(13)18(23)24/h5-8,14-17,20H,9H2,1-4H3,(H,23,24)/t14?,15-,16+,17?,20-/m1/s1. The van der Waals surface area contributed by atoms with Gasteiger partial charge in [-0.15, -0.1) is 0 Å². The number of carbonyl (C=O) groups is 4. The van der Waals surface area contributed by atoms with E-state index in [0.29, 0.717) is 0 Å². The van der Waals surface area contributed by atoms with Gasteiger partial charge in [-0.05, 0) is 12.1 Å². The summed E-state index contributed by atoms with van der Waals surface area (Å²) in [6, 6.07) is 5.48. The first kappa shape index (κ1) is 24.3. The molecule has 2 rings (SSSR count). The Hall–Kier alpha value is -3.02. The zero-order valence-corrected chi connectivity index (χ0v) is 17.4. The number of ether oxygens (including phenoxy) is 6. The fourth-order valence-electron chi connectivity index (χ4n) is 3.17. The highest BCUT2D eigenvalue weighted by molar-refractivity contribution is 6.02. The second-order valence-electron chi connectivity index (χ2n) is 6.58. The van der Waals surface area contributed by atoms with Crippen LogP contribution in [0.15, 0.2) is 24.3 Å². The van der Waals surface area contributed by atoms with Gasteiger partial charge in [-0.1, -0.05) is 12.1 Å². The summed E-state index contributed by atoms with van der Waals surface area (Å²) in [6.45, 7) is 2.14. The molecule has 0 aromatic heterocycles. The molecule has 0 aliphatic carbocycles. The third kappa shape index (κ3) is 6.00. The van der Waals surface area contributed by atoms with E-state index in [1.54, 1.807) is 0 Å². The second-order valence-corrected chi connectivity index (χ2v) is 6.58. The Bertz CT molecular complexity index is 821. The highest BCUT2D eigenvalue weighted by atomic mass is 16.7. The van der Waals surface area contributed by atoms with Crippen LogP contribution in [0, 0.1) is 0 Å². The molecule has 1 aliphatic heterocycles. The van der Waals surface area contributed by atoms with Gasteiger partial charge in [0.25, 0.3) is 0 Å². The lowest BCUT2D eigenvalue weighted by atomic mass is 9.98. The Kier molecular flexibility index (Phi) is 8.48. The maximum Gasteiger partial charge on any atom is 0.339 e. The number of esters is 3. The Morgan fingerprint density at radius 1 is 0.903 bits per heavy atom. The Balaban J connectivity index is 2.36. The summed E-state index contributed by atoms with van der Waals surface area (Å²) in [5.41, 5.74) is -0.472. The monoisotopic (exact) mass is 440 g/mol. The van der Waals surface area contributed by atoms with Gasteiger partial charge in [0.1, 0.15) is 18.8 Å². The molecule has 1 saturated heterocycles. The predicted octanol–water partition coefficient (Wildman–Crippen LogP) is 0.791. The number of methoxy groups -OCH3 is 2. The quantitative estimate of drug-likeness (QED) is 0.452. The summed E-state index contributed by atoms with van der Waals surface area (Å²) in [5, 5.41) is 9.32. The van der Waals surface area contributed by atoms with Gasteiger partial charge >= 0.3 is 23.9 Å². The van der Waals surface area contributed by atoms with Crippen molar-refractivity contribution in [3.05, 3.63) is 35.4 Å². The molecule has 31 heavy (non-hydrogen) atoms. The molecule has 2 unspecified atom stereocenters. The van der Waals surface area contributed by atoms with Gasteiger partial charge in [-0.2, -0.15) is 0 Å². The number of carboxylic acid groups (broad SMARTS) is 1. The first-order valence-electron chi connectivity index (χ1n) is 9.24. The van der Waals surface area contributed by atoms with Crippen LogP contribution in [-0.2, 0) is 38.0 Å². The molecular weight excluding hydrogens is 416 g/mol. The van der Waals surface area contributed by atoms with E-state index in [9.17, 15) is 24.3 Å². The highest BCUT2D eigenvalue weighted by Gasteiger charge is 2.51. The number of hydrogen-bond acceptors (Lipinski definition) is 10. The van der Waals surface area contributed by atoms with E-state index in [1.165, 1.54) is 45.4 Å². The van der Waals surface area contributed by atoms with Crippen LogP contribution in [0.1, 0.15) is 34.6 Å². The average molecular weight is 440 g/mol. The molecule has 5 atom stereocenters. The molecular formula is C20H24O11. The van der Waals surface area contributed by atoms with E-state index in [4.69, 9.17) is 28.4 Å². The third-order valence-electron chi connectivity index (χ3n) is 4.47. The fraction of sp³-hybridized carbons (Fsp3) is 0.500. The van der Waals surface area contributed by atoms with Crippen molar-refractivity contribution < 1.29 is 52.7 Å². The second kappa shape index (κ2) is 10.8. The van der Waals surface area contributed by atoms with Crippen molar-refractivity contribution in [3.63, 3.8) is 0 Å². The van der Waals surface area contributed by atoms with E-state index < -0.39 is 54.6 Å². The molecule has 0 saturated carbocycles. The molecule has 1 aromatic carbocycles. The summed E-state index contributed by atoms with van der Waals surface area (Å²) < 4.78 is 32.1. The third-order valence-corrected chi connectivity index (χ3v) is 4.47. The van der Waals surface area contributed by atoms with Crippen molar-refractivity contribution >= 4 is 23.9 Å². The summed E-state index contributed by atoms with van der Waals surface area (Å²) >= 11 is 0. The number of rotatable bonds is 8. The summed E-state index contributed by atoms with van der Waals surface area (Å²) in [7, 11) is 2.59. The number of carbonyl (C=O) groups excluding carboxylic acids is 3. The Labute approximate surface area is 178 Å². The molecule has 0 amide bonds. The molecule has 11 heteroatoms. The van der Waals surface area contributed by atoms with Gasteiger partial charge in [0.2, 0.25) is 0 Å². The first-order chi connectivity index (χ1) is 14.7. The molecule has 1 aromatic rings. The number of carboxylic acids is 1. The SMILES string of the molecule is CO[C@@H]1OC(COC(C)=O)[C@@H](OC)[C@H](OC(C)=O)C1OC(=O)c1ccccc1C(=O)O. The van der Waals surface area contributed by atoms with Crippen LogP contribution >= 0.6 is 0 Å². The lowest BCUT2D eigenvalue weighted by Crippen LogP contribution is -2.62. The van der Waals surface area contributed by atoms with Gasteiger partial charge in [0.15, 0.2) is 18.5 Å². The van der Waals surface area contributed by atoms with E-state index in [0.717, 1.165) is 6.92 Å². The normalized spacial score (nSPS) is 25.4. The van der Waals surface area contributed by atoms with Crippen molar-refractivity contribution in [1.82, 2.24) is 0 Å². The molecule has 170 valence electrons. The van der Waals surface area contributed by atoms with Gasteiger partial charge in [0.05, 0.1) is 11.1 Å². The predicted molar refractivity (Wildman–Crippen MR) is 101 cm³/mol. The highest BCUT2D eigenvalue weighted by Crippen LogP contribution is 2.29. The topological polar surface area (TPSA) is 144 Å². The van der Waals surface area contributed by atoms with Crippen LogP contribution in [0.3, 0.4) is 0 Å². The molecule has 0 bridgehead atoms. The van der Waals surface area contributed by atoms with Crippen LogP contribution in [0.2, 0.25) is 0 Å². The molecule has 1 aliphatic rings. The smallest absolute Gasteiger partial charge is 0.339 e. The summed E-state index contributed by atoms with van der Waals surface area (Å²) in [5.74, 6) is -3.56. The van der Waals surface area contributed by atoms with Crippen molar-refractivity contribution in [2.45, 2.75) is 44.6 Å². The molecule has 0 spiro atoms. The van der Waals surface area contributed by atoms with Gasteiger partial charge in [-0.3, -0.25) is 9.59 Å². The lowest BCUT2D eigenvalue weighted by Gasteiger charge is -2.43. The minimum absolute atomic E-state index is 0.206. The lowest BCUT2D eigenvalue weighted by molar-refractivity contribution is -0.300. The van der Waals surface area contributed by atoms with E-state index in [2.05, 4.69) is 0 Å². The number of aromatic carboxylic acids is 1. The molecule has 1 N–H and O–H groups in total. The average Bonchev–Trinajstić information content (AvgIpc) is 2.72. The van der Waals surface area contributed by atoms with Crippen molar-refractivity contribution in [1.29, 1.82) is 0 Å². The summed E-state index contributed by atoms with van der Waals surface area (Å²) in [6.07, 6.45) is -5.60. The Morgan fingerprint density at radius 3 is 2.06 bits per heavy atom. The van der Waals surface area contributed by atoms with Crippen LogP contribution in [0.4, 0.5) is 0 Å². The Morgan fingerprint density at radius 2 is 1.55 bits per heavy atom. The largest absolute Gasteiger partial charge is 0.478 e. The maximum atomic E-state index is 12.8. The fourth-order valence-corrected chi connectivity index (χ4v) is 3.17. The molecule has 1 fully saturated rings. The van der Waals surface area contributed by atoms with E-state index >= 15 is 0 Å². The van der Waals surface area contributed by atoms with E-state index in [-0.39, 0.29) is 17.7 Å². The molecule has 0 radical (unpaired) electrons. The van der Waals surface area contributed by atoms with Crippen molar-refractivity contribution in [2.24, 2.45) is 0 Å². The zero-order valence-electron chi connectivity index (χ0n) is 17.4. The maximum absolute atomic E-state index is 12.8. The van der Waals surface area contributed by atoms with Crippen LogP contribution < -0.4 is 0 Å². The van der Waals surface area contributed by atoms with E-state index in [1.807, 2.05) is 0 Å². The zero-order chi connectivity index (χ0) is 23.1. The van der Waals surface area contributed by atoms with Crippen molar-refractivity contribution in [3.8, 4) is 0 Å². The van der Waals surface area contributed by atoms with Crippen LogP contribution in [0.5, 0.6) is 0 Å². The van der Waals surface area contributed by atoms with Gasteiger partial charge in [0, 0.05) is 28.1 Å². The van der Waals surface area contributed by atoms with Gasteiger partial charge in [-0.25, -0.2) is 9.59 Å². The number of benzene rings is 1. The molecule has 11 nitrogen and oxygen atoms in total. The minimum Gasteiger partial charge on any atom is -0.478 e. The summed E-state index contributed by atoms with van der Waals surface area (Å²) in [4.78, 5) is 47.1. The van der Waals surface area contributed by atoms with Crippen molar-refractivity contribution in [2.75, 3.05) is 20.8 Å². The van der Waals surface area contributed by atoms with Gasteiger partial charge < -0.3 is 33.5 Å². The van der Waals surface area contributed by atoms with Crippen LogP contribution in [-0.4, -0.2) is 80.5 Å². The minimum atomic E-state index is -1.32. The first-order valence-corrected chi connectivity index (χ1v) is 9.24. The molecule has 1 heterocycles.